The zero-order chi connectivity index (χ0) is 15.2. The van der Waals surface area contributed by atoms with E-state index in [4.69, 9.17) is 23.8 Å². The average Bonchev–Trinajstić information content (AvgIpc) is 2.50. The van der Waals surface area contributed by atoms with Crippen molar-refractivity contribution in [3.63, 3.8) is 0 Å². The summed E-state index contributed by atoms with van der Waals surface area (Å²) in [5.41, 5.74) is 3.23. The van der Waals surface area contributed by atoms with Gasteiger partial charge in [0, 0.05) is 17.3 Å². The topological polar surface area (TPSA) is 24.1 Å². The van der Waals surface area contributed by atoms with Gasteiger partial charge in [-0.2, -0.15) is 0 Å². The minimum Gasteiger partial charge on any atom is -0.362 e. The molecule has 2 aromatic carbocycles. The van der Waals surface area contributed by atoms with E-state index in [2.05, 4.69) is 41.8 Å². The monoisotopic (exact) mass is 318 g/mol. The minimum atomic E-state index is 0.395. The van der Waals surface area contributed by atoms with E-state index in [0.717, 1.165) is 22.8 Å². The molecule has 0 unspecified atom stereocenters. The second-order valence-electron chi connectivity index (χ2n) is 5.06. The lowest BCUT2D eigenvalue weighted by Crippen LogP contribution is -2.31. The van der Waals surface area contributed by atoms with Gasteiger partial charge in [0.05, 0.1) is 0 Å². The van der Waals surface area contributed by atoms with E-state index in [1.54, 1.807) is 0 Å². The summed E-state index contributed by atoms with van der Waals surface area (Å²) >= 11 is 11.4. The Balaban J connectivity index is 1.89. The summed E-state index contributed by atoms with van der Waals surface area (Å²) in [4.78, 5) is 0. The molecular formula is C17H19ClN2S. The van der Waals surface area contributed by atoms with Gasteiger partial charge in [-0.1, -0.05) is 54.9 Å². The second kappa shape index (κ2) is 7.43. The molecule has 0 spiro atoms. The van der Waals surface area contributed by atoms with Crippen LogP contribution in [0.25, 0.3) is 0 Å². The third kappa shape index (κ3) is 4.45. The van der Waals surface area contributed by atoms with E-state index in [0.29, 0.717) is 11.0 Å². The van der Waals surface area contributed by atoms with Crippen LogP contribution in [-0.2, 0) is 0 Å². The van der Waals surface area contributed by atoms with Gasteiger partial charge >= 0.3 is 0 Å². The van der Waals surface area contributed by atoms with Crippen LogP contribution < -0.4 is 10.6 Å². The SMILES string of the molecule is Cc1c(Cl)cccc1NC(=S)NC[C@H](C)c1ccccc1. The normalized spacial score (nSPS) is 11.8. The minimum absolute atomic E-state index is 0.395. The van der Waals surface area contributed by atoms with Gasteiger partial charge in [0.15, 0.2) is 5.11 Å². The molecule has 0 aliphatic carbocycles. The lowest BCUT2D eigenvalue weighted by atomic mass is 10.0. The highest BCUT2D eigenvalue weighted by molar-refractivity contribution is 7.80. The van der Waals surface area contributed by atoms with Crippen LogP contribution in [0, 0.1) is 6.92 Å². The Morgan fingerprint density at radius 1 is 1.14 bits per heavy atom. The molecule has 0 aromatic heterocycles. The van der Waals surface area contributed by atoms with E-state index in [1.807, 2.05) is 31.2 Å². The maximum Gasteiger partial charge on any atom is 0.170 e. The lowest BCUT2D eigenvalue weighted by molar-refractivity contribution is 0.723. The first-order valence-electron chi connectivity index (χ1n) is 6.93. The summed E-state index contributed by atoms with van der Waals surface area (Å²) in [7, 11) is 0. The molecule has 2 rings (SSSR count). The van der Waals surface area contributed by atoms with Gasteiger partial charge in [0.2, 0.25) is 0 Å². The summed E-state index contributed by atoms with van der Waals surface area (Å²) in [6.07, 6.45) is 0. The van der Waals surface area contributed by atoms with Crippen LogP contribution in [0.2, 0.25) is 5.02 Å². The zero-order valence-corrected chi connectivity index (χ0v) is 13.8. The summed E-state index contributed by atoms with van der Waals surface area (Å²) in [5.74, 6) is 0.395. The first-order chi connectivity index (χ1) is 10.1. The molecule has 0 aliphatic heterocycles. The average molecular weight is 319 g/mol. The summed E-state index contributed by atoms with van der Waals surface area (Å²) in [6.45, 7) is 4.94. The van der Waals surface area contributed by atoms with Crippen molar-refractivity contribution in [2.45, 2.75) is 19.8 Å². The van der Waals surface area contributed by atoms with Crippen molar-refractivity contribution in [2.75, 3.05) is 11.9 Å². The van der Waals surface area contributed by atoms with Crippen molar-refractivity contribution in [3.05, 3.63) is 64.7 Å². The van der Waals surface area contributed by atoms with Crippen LogP contribution in [-0.4, -0.2) is 11.7 Å². The van der Waals surface area contributed by atoms with Gasteiger partial charge in [-0.15, -0.1) is 0 Å². The van der Waals surface area contributed by atoms with Crippen molar-refractivity contribution in [1.82, 2.24) is 5.32 Å². The number of hydrogen-bond acceptors (Lipinski definition) is 1. The Labute approximate surface area is 136 Å². The Hall–Kier alpha value is -1.58. The molecule has 0 saturated carbocycles. The van der Waals surface area contributed by atoms with E-state index in [-0.39, 0.29) is 0 Å². The number of hydrogen-bond donors (Lipinski definition) is 2. The Bertz CT molecular complexity index is 613. The van der Waals surface area contributed by atoms with Crippen LogP contribution in [0.1, 0.15) is 24.0 Å². The van der Waals surface area contributed by atoms with E-state index in [1.165, 1.54) is 5.56 Å². The van der Waals surface area contributed by atoms with Crippen LogP contribution in [0.15, 0.2) is 48.5 Å². The molecule has 0 radical (unpaired) electrons. The molecule has 0 heterocycles. The van der Waals surface area contributed by atoms with Gasteiger partial charge in [-0.25, -0.2) is 0 Å². The van der Waals surface area contributed by atoms with E-state index in [9.17, 15) is 0 Å². The molecule has 110 valence electrons. The molecule has 0 bridgehead atoms. The fraction of sp³-hybridized carbons (Fsp3) is 0.235. The van der Waals surface area contributed by atoms with Crippen LogP contribution in [0.5, 0.6) is 0 Å². The van der Waals surface area contributed by atoms with Crippen molar-refractivity contribution in [1.29, 1.82) is 0 Å². The highest BCUT2D eigenvalue weighted by Gasteiger charge is 2.07. The molecule has 0 saturated heterocycles. The largest absolute Gasteiger partial charge is 0.362 e. The quantitative estimate of drug-likeness (QED) is 0.796. The van der Waals surface area contributed by atoms with Crippen LogP contribution in [0.3, 0.4) is 0 Å². The highest BCUT2D eigenvalue weighted by Crippen LogP contribution is 2.22. The highest BCUT2D eigenvalue weighted by atomic mass is 35.5. The number of nitrogens with one attached hydrogen (secondary N) is 2. The van der Waals surface area contributed by atoms with Crippen molar-refractivity contribution in [3.8, 4) is 0 Å². The van der Waals surface area contributed by atoms with Gasteiger partial charge in [0.25, 0.3) is 0 Å². The van der Waals surface area contributed by atoms with E-state index < -0.39 is 0 Å². The predicted molar refractivity (Wildman–Crippen MR) is 95.3 cm³/mol. The molecule has 0 fully saturated rings. The number of thiocarbonyl (C=S) groups is 1. The Morgan fingerprint density at radius 2 is 1.86 bits per heavy atom. The van der Waals surface area contributed by atoms with E-state index >= 15 is 0 Å². The third-order valence-electron chi connectivity index (χ3n) is 3.45. The van der Waals surface area contributed by atoms with Crippen molar-refractivity contribution in [2.24, 2.45) is 0 Å². The summed E-state index contributed by atoms with van der Waals surface area (Å²) in [5, 5.41) is 7.80. The first kappa shape index (κ1) is 15.8. The van der Waals surface area contributed by atoms with Crippen LogP contribution >= 0.6 is 23.8 Å². The summed E-state index contributed by atoms with van der Waals surface area (Å²) in [6, 6.07) is 16.1. The maximum atomic E-state index is 6.10. The smallest absolute Gasteiger partial charge is 0.170 e. The molecule has 4 heteroatoms. The number of anilines is 1. The second-order valence-corrected chi connectivity index (χ2v) is 5.87. The van der Waals surface area contributed by atoms with Gasteiger partial charge in [0.1, 0.15) is 0 Å². The van der Waals surface area contributed by atoms with Crippen LogP contribution in [0.4, 0.5) is 5.69 Å². The first-order valence-corrected chi connectivity index (χ1v) is 7.71. The third-order valence-corrected chi connectivity index (χ3v) is 4.11. The maximum absolute atomic E-state index is 6.10. The number of halogens is 1. The molecule has 0 amide bonds. The lowest BCUT2D eigenvalue weighted by Gasteiger charge is -2.16. The van der Waals surface area contributed by atoms with Crippen molar-refractivity contribution >= 4 is 34.6 Å². The standard InChI is InChI=1S/C17H19ClN2S/c1-12(14-7-4-3-5-8-14)11-19-17(21)20-16-10-6-9-15(18)13(16)2/h3-10,12H,11H2,1-2H3,(H2,19,20,21)/t12-/m0/s1. The number of rotatable bonds is 4. The number of benzene rings is 2. The summed E-state index contributed by atoms with van der Waals surface area (Å²) < 4.78 is 0. The van der Waals surface area contributed by atoms with Crippen molar-refractivity contribution < 1.29 is 0 Å². The fourth-order valence-corrected chi connectivity index (χ4v) is 2.42. The molecule has 2 N–H and O–H groups in total. The molecule has 21 heavy (non-hydrogen) atoms. The van der Waals surface area contributed by atoms with Gasteiger partial charge in [-0.3, -0.25) is 0 Å². The zero-order valence-electron chi connectivity index (χ0n) is 12.2. The van der Waals surface area contributed by atoms with Gasteiger partial charge < -0.3 is 10.6 Å². The molecule has 2 nitrogen and oxygen atoms in total. The Morgan fingerprint density at radius 3 is 2.57 bits per heavy atom. The Kier molecular flexibility index (Phi) is 5.59. The predicted octanol–water partition coefficient (Wildman–Crippen LogP) is 4.74. The van der Waals surface area contributed by atoms with Gasteiger partial charge in [-0.05, 0) is 48.3 Å². The molecule has 2 aromatic rings. The molecular weight excluding hydrogens is 300 g/mol. The molecule has 1 atom stereocenters. The fourth-order valence-electron chi connectivity index (χ4n) is 2.05. The molecule has 0 aliphatic rings.